The normalized spacial score (nSPS) is 24.6. The maximum absolute atomic E-state index is 11.9. The van der Waals surface area contributed by atoms with Crippen molar-refractivity contribution in [2.75, 3.05) is 0 Å². The Kier molecular flexibility index (Phi) is 3.79. The molecule has 1 aliphatic carbocycles. The van der Waals surface area contributed by atoms with Crippen LogP contribution in [0.2, 0.25) is 0 Å². The van der Waals surface area contributed by atoms with E-state index in [1.54, 1.807) is 0 Å². The first kappa shape index (κ1) is 12.2. The lowest BCUT2D eigenvalue weighted by molar-refractivity contribution is 0.105. The second-order valence-electron chi connectivity index (χ2n) is 5.06. The summed E-state index contributed by atoms with van der Waals surface area (Å²) in [5, 5.41) is 0. The predicted octanol–water partition coefficient (Wildman–Crippen LogP) is 3.32. The van der Waals surface area contributed by atoms with Crippen LogP contribution in [0.5, 0.6) is 0 Å². The Bertz CT molecular complexity index is 226. The van der Waals surface area contributed by atoms with Gasteiger partial charge in [-0.1, -0.05) is 19.3 Å². The molecule has 3 nitrogen and oxygen atoms in total. The quantitative estimate of drug-likeness (QED) is 0.726. The third kappa shape index (κ3) is 3.72. The molecule has 1 aliphatic rings. The van der Waals surface area contributed by atoms with Crippen molar-refractivity contribution in [2.24, 2.45) is 0 Å². The van der Waals surface area contributed by atoms with E-state index in [1.165, 1.54) is 6.42 Å². The van der Waals surface area contributed by atoms with Crippen molar-refractivity contribution in [2.45, 2.75) is 64.1 Å². The van der Waals surface area contributed by atoms with Crippen molar-refractivity contribution in [3.8, 4) is 0 Å². The van der Waals surface area contributed by atoms with Crippen LogP contribution < -0.4 is 0 Å². The van der Waals surface area contributed by atoms with Crippen molar-refractivity contribution >= 4 is 7.60 Å². The van der Waals surface area contributed by atoms with Crippen molar-refractivity contribution < 1.29 is 14.0 Å². The average molecular weight is 220 g/mol. The van der Waals surface area contributed by atoms with E-state index in [4.69, 9.17) is 4.52 Å². The maximum Gasteiger partial charge on any atom is 0.331 e. The van der Waals surface area contributed by atoms with Gasteiger partial charge in [0.25, 0.3) is 0 Å². The van der Waals surface area contributed by atoms with Crippen molar-refractivity contribution in [1.82, 2.24) is 0 Å². The molecule has 14 heavy (non-hydrogen) atoms. The molecular formula is C10H21O3P. The summed E-state index contributed by atoms with van der Waals surface area (Å²) >= 11 is 0. The average Bonchev–Trinajstić information content (AvgIpc) is 2.01. The molecule has 1 unspecified atom stereocenters. The number of rotatable bonds is 2. The standard InChI is InChI=1S/C10H21O3P/c1-10(2,3)13-14(11,12)9-7-5-4-6-8-9/h9H,4-8H2,1-3H3,(H,11,12). The van der Waals surface area contributed by atoms with Gasteiger partial charge in [0.15, 0.2) is 0 Å². The van der Waals surface area contributed by atoms with Crippen LogP contribution in [0, 0.1) is 0 Å². The fraction of sp³-hybridized carbons (Fsp3) is 1.00. The fourth-order valence-electron chi connectivity index (χ4n) is 1.87. The van der Waals surface area contributed by atoms with Crippen LogP contribution in [0.15, 0.2) is 0 Å². The summed E-state index contributed by atoms with van der Waals surface area (Å²) in [5.74, 6) is 0. The van der Waals surface area contributed by atoms with E-state index in [-0.39, 0.29) is 5.66 Å². The van der Waals surface area contributed by atoms with Crippen LogP contribution in [-0.2, 0) is 9.09 Å². The summed E-state index contributed by atoms with van der Waals surface area (Å²) in [4.78, 5) is 9.81. The van der Waals surface area contributed by atoms with Crippen molar-refractivity contribution in [1.29, 1.82) is 0 Å². The van der Waals surface area contributed by atoms with Crippen LogP contribution in [0.4, 0.5) is 0 Å². The molecule has 0 aromatic heterocycles. The van der Waals surface area contributed by atoms with Crippen LogP contribution in [0.3, 0.4) is 0 Å². The zero-order chi connectivity index (χ0) is 10.8. The second-order valence-corrected chi connectivity index (χ2v) is 7.10. The van der Waals surface area contributed by atoms with Gasteiger partial charge < -0.3 is 9.42 Å². The molecule has 0 aliphatic heterocycles. The summed E-state index contributed by atoms with van der Waals surface area (Å²) < 4.78 is 17.2. The van der Waals surface area contributed by atoms with E-state index in [1.807, 2.05) is 20.8 Å². The predicted molar refractivity (Wildman–Crippen MR) is 57.5 cm³/mol. The molecule has 4 heteroatoms. The minimum absolute atomic E-state index is 0.129. The molecule has 0 spiro atoms. The summed E-state index contributed by atoms with van der Waals surface area (Å²) in [6.45, 7) is 5.45. The molecule has 1 N–H and O–H groups in total. The Hall–Kier alpha value is 0.150. The maximum atomic E-state index is 11.9. The molecule has 1 rings (SSSR count). The van der Waals surface area contributed by atoms with E-state index < -0.39 is 13.2 Å². The molecule has 0 bridgehead atoms. The monoisotopic (exact) mass is 220 g/mol. The Morgan fingerprint density at radius 1 is 1.21 bits per heavy atom. The zero-order valence-corrected chi connectivity index (χ0v) is 10.2. The van der Waals surface area contributed by atoms with Gasteiger partial charge in [-0.05, 0) is 33.6 Å². The second kappa shape index (κ2) is 4.34. The van der Waals surface area contributed by atoms with Crippen LogP contribution in [0.1, 0.15) is 52.9 Å². The van der Waals surface area contributed by atoms with Crippen molar-refractivity contribution in [3.05, 3.63) is 0 Å². The van der Waals surface area contributed by atoms with Crippen molar-refractivity contribution in [3.63, 3.8) is 0 Å². The topological polar surface area (TPSA) is 46.5 Å². The van der Waals surface area contributed by atoms with Gasteiger partial charge in [0.2, 0.25) is 0 Å². The molecule has 1 saturated carbocycles. The molecule has 0 heterocycles. The highest BCUT2D eigenvalue weighted by Gasteiger charge is 2.36. The molecule has 0 amide bonds. The Labute approximate surface area is 86.4 Å². The van der Waals surface area contributed by atoms with Gasteiger partial charge in [-0.25, -0.2) is 0 Å². The van der Waals surface area contributed by atoms with Gasteiger partial charge in [-0.2, -0.15) is 0 Å². The molecule has 1 fully saturated rings. The first-order valence-corrected chi connectivity index (χ1v) is 6.99. The first-order valence-electron chi connectivity index (χ1n) is 5.34. The van der Waals surface area contributed by atoms with Gasteiger partial charge in [-0.15, -0.1) is 0 Å². The largest absolute Gasteiger partial charge is 0.331 e. The molecular weight excluding hydrogens is 199 g/mol. The van der Waals surface area contributed by atoms with Crippen LogP contribution >= 0.6 is 7.60 Å². The van der Waals surface area contributed by atoms with E-state index in [0.29, 0.717) is 0 Å². The van der Waals surface area contributed by atoms with Crippen LogP contribution in [-0.4, -0.2) is 16.2 Å². The highest BCUT2D eigenvalue weighted by Crippen LogP contribution is 2.55. The van der Waals surface area contributed by atoms with Gasteiger partial charge in [0.1, 0.15) is 0 Å². The molecule has 0 saturated heterocycles. The van der Waals surface area contributed by atoms with E-state index in [9.17, 15) is 9.46 Å². The summed E-state index contributed by atoms with van der Waals surface area (Å²) in [6, 6.07) is 0. The van der Waals surface area contributed by atoms with Gasteiger partial charge in [-0.3, -0.25) is 4.57 Å². The molecule has 0 aromatic carbocycles. The zero-order valence-electron chi connectivity index (χ0n) is 9.32. The lowest BCUT2D eigenvalue weighted by Crippen LogP contribution is -2.23. The fourth-order valence-corrected chi connectivity index (χ4v) is 3.83. The smallest absolute Gasteiger partial charge is 0.324 e. The minimum atomic E-state index is -3.39. The van der Waals surface area contributed by atoms with Crippen LogP contribution in [0.25, 0.3) is 0 Å². The first-order chi connectivity index (χ1) is 6.31. The molecule has 0 aromatic rings. The minimum Gasteiger partial charge on any atom is -0.324 e. The molecule has 1 atom stereocenters. The third-order valence-electron chi connectivity index (χ3n) is 2.44. The Morgan fingerprint density at radius 2 is 1.71 bits per heavy atom. The Morgan fingerprint density at radius 3 is 2.14 bits per heavy atom. The van der Waals surface area contributed by atoms with Gasteiger partial charge in [0.05, 0.1) is 11.3 Å². The molecule has 84 valence electrons. The number of hydrogen-bond acceptors (Lipinski definition) is 2. The van der Waals surface area contributed by atoms with E-state index in [2.05, 4.69) is 0 Å². The SMILES string of the molecule is CC(C)(C)OP(=O)(O)C1CCCCC1. The lowest BCUT2D eigenvalue weighted by atomic mass is 10.0. The summed E-state index contributed by atoms with van der Waals surface area (Å²) in [5.41, 5.74) is -0.655. The number of hydrogen-bond donors (Lipinski definition) is 1. The Balaban J connectivity index is 2.59. The third-order valence-corrected chi connectivity index (χ3v) is 4.69. The highest BCUT2D eigenvalue weighted by molar-refractivity contribution is 7.53. The highest BCUT2D eigenvalue weighted by atomic mass is 31.2. The lowest BCUT2D eigenvalue weighted by Gasteiger charge is -2.30. The van der Waals surface area contributed by atoms with E-state index >= 15 is 0 Å². The van der Waals surface area contributed by atoms with E-state index in [0.717, 1.165) is 25.7 Å². The molecule has 0 radical (unpaired) electrons. The van der Waals surface area contributed by atoms with Gasteiger partial charge in [0, 0.05) is 0 Å². The summed E-state index contributed by atoms with van der Waals surface area (Å²) in [6.07, 6.45) is 4.98. The van der Waals surface area contributed by atoms with Gasteiger partial charge >= 0.3 is 7.60 Å². The summed E-state index contributed by atoms with van der Waals surface area (Å²) in [7, 11) is -3.39.